The maximum Gasteiger partial charge on any atom is 0.246 e. The van der Waals surface area contributed by atoms with Crippen molar-refractivity contribution in [3.05, 3.63) is 36.4 Å². The Morgan fingerprint density at radius 3 is 2.84 bits per heavy atom. The fourth-order valence-corrected chi connectivity index (χ4v) is 7.90. The minimum absolute atomic E-state index is 0.0215. The number of fused-ring (bicyclic) bond motifs is 2. The Labute approximate surface area is 254 Å². The van der Waals surface area contributed by atoms with Gasteiger partial charge in [-0.25, -0.2) is 0 Å². The first-order valence-corrected chi connectivity index (χ1v) is 15.6. The molecule has 11 nitrogen and oxygen atoms in total. The second-order valence-corrected chi connectivity index (χ2v) is 12.6. The Bertz CT molecular complexity index is 1270. The molecular formula is C32H44N6O5. The number of likely N-dealkylation sites (N-methyl/N-ethyl adjacent to an activating group) is 1. The molecule has 3 saturated heterocycles. The van der Waals surface area contributed by atoms with Crippen LogP contribution in [-0.2, 0) is 20.7 Å². The average Bonchev–Trinajstić information content (AvgIpc) is 3.45. The van der Waals surface area contributed by atoms with Gasteiger partial charge in [0, 0.05) is 37.2 Å². The van der Waals surface area contributed by atoms with Crippen molar-refractivity contribution in [3.8, 4) is 17.6 Å². The van der Waals surface area contributed by atoms with E-state index in [1.165, 1.54) is 6.08 Å². The zero-order valence-corrected chi connectivity index (χ0v) is 25.3. The standard InChI is InChI=1S/C32H44N6O5/c1-4-27(39)38-18-17-37(19-21(38)12-15-33)30-24-11-14-32(13-10-23-25(41-3)8-5-9-26(23)43-32)29(40)28(24)34-31(35-30)42-20-22-7-6-16-36(22)2/h4-5,8-9,21-22,24,28,30-31,34-35H,1,6-7,10-14,16-20H2,2-3H3/t21?,22?,24?,28?,30?,31?,32-/m1/s1. The number of benzene rings is 1. The molecule has 0 radical (unpaired) electrons. The lowest BCUT2D eigenvalue weighted by Crippen LogP contribution is -2.76. The lowest BCUT2D eigenvalue weighted by atomic mass is 9.69. The number of methoxy groups -OCH3 is 1. The zero-order chi connectivity index (χ0) is 30.1. The zero-order valence-electron chi connectivity index (χ0n) is 25.3. The monoisotopic (exact) mass is 592 g/mol. The minimum atomic E-state index is -0.899. The number of hydrogen-bond acceptors (Lipinski definition) is 10. The van der Waals surface area contributed by atoms with Gasteiger partial charge in [0.25, 0.3) is 0 Å². The molecule has 11 heteroatoms. The van der Waals surface area contributed by atoms with Gasteiger partial charge in [-0.3, -0.25) is 25.1 Å². The average molecular weight is 593 g/mol. The van der Waals surface area contributed by atoms with Crippen molar-refractivity contribution < 1.29 is 23.8 Å². The summed E-state index contributed by atoms with van der Waals surface area (Å²) in [7, 11) is 3.79. The number of rotatable bonds is 7. The van der Waals surface area contributed by atoms with Crippen LogP contribution in [0.1, 0.15) is 44.1 Å². The highest BCUT2D eigenvalue weighted by molar-refractivity contribution is 5.94. The van der Waals surface area contributed by atoms with Crippen LogP contribution >= 0.6 is 0 Å². The second-order valence-electron chi connectivity index (χ2n) is 12.6. The smallest absolute Gasteiger partial charge is 0.246 e. The molecule has 4 heterocycles. The van der Waals surface area contributed by atoms with Crippen molar-refractivity contribution in [3.63, 3.8) is 0 Å². The number of Topliss-reactive ketones (excluding diaryl/α,β-unsaturated/α-hetero) is 1. The van der Waals surface area contributed by atoms with E-state index in [9.17, 15) is 14.9 Å². The molecule has 4 aliphatic heterocycles. The number of likely N-dealkylation sites (tertiary alicyclic amines) is 1. The number of nitrogens with one attached hydrogen (secondary N) is 2. The predicted molar refractivity (Wildman–Crippen MR) is 159 cm³/mol. The van der Waals surface area contributed by atoms with E-state index >= 15 is 0 Å². The van der Waals surface area contributed by atoms with E-state index in [2.05, 4.69) is 40.1 Å². The summed E-state index contributed by atoms with van der Waals surface area (Å²) in [6.45, 7) is 6.94. The normalized spacial score (nSPS) is 34.6. The van der Waals surface area contributed by atoms with Crippen molar-refractivity contribution in [1.29, 1.82) is 5.26 Å². The van der Waals surface area contributed by atoms with E-state index < -0.39 is 18.0 Å². The molecule has 1 amide bonds. The molecule has 1 aromatic carbocycles. The Kier molecular flexibility index (Phi) is 8.76. The van der Waals surface area contributed by atoms with Crippen LogP contribution in [0.3, 0.4) is 0 Å². The van der Waals surface area contributed by atoms with Gasteiger partial charge >= 0.3 is 0 Å². The molecule has 1 aliphatic carbocycles. The van der Waals surface area contributed by atoms with Crippen molar-refractivity contribution in [2.24, 2.45) is 5.92 Å². The van der Waals surface area contributed by atoms with E-state index in [0.717, 1.165) is 42.9 Å². The fraction of sp³-hybridized carbons (Fsp3) is 0.656. The van der Waals surface area contributed by atoms with Gasteiger partial charge in [-0.05, 0) is 70.3 Å². The Morgan fingerprint density at radius 2 is 2.09 bits per heavy atom. The molecule has 0 bridgehead atoms. The van der Waals surface area contributed by atoms with Crippen LogP contribution in [0.4, 0.5) is 0 Å². The summed E-state index contributed by atoms with van der Waals surface area (Å²) >= 11 is 0. The number of carbonyl (C=O) groups excluding carboxylic acids is 2. The van der Waals surface area contributed by atoms with E-state index in [0.29, 0.717) is 51.5 Å². The molecule has 4 fully saturated rings. The molecule has 5 aliphatic rings. The Hall–Kier alpha value is -3.01. The number of carbonyl (C=O) groups is 2. The van der Waals surface area contributed by atoms with Crippen LogP contribution in [-0.4, -0.2) is 110 Å². The van der Waals surface area contributed by atoms with Gasteiger partial charge in [0.2, 0.25) is 5.91 Å². The van der Waals surface area contributed by atoms with Crippen LogP contribution in [0, 0.1) is 17.2 Å². The predicted octanol–water partition coefficient (Wildman–Crippen LogP) is 1.63. The number of hydrogen-bond donors (Lipinski definition) is 2. The summed E-state index contributed by atoms with van der Waals surface area (Å²) in [5.41, 5.74) is 0.114. The van der Waals surface area contributed by atoms with Crippen molar-refractivity contribution in [1.82, 2.24) is 25.3 Å². The first-order valence-electron chi connectivity index (χ1n) is 15.6. The molecular weight excluding hydrogens is 548 g/mol. The van der Waals surface area contributed by atoms with Crippen molar-refractivity contribution in [2.75, 3.05) is 46.9 Å². The largest absolute Gasteiger partial charge is 0.496 e. The third-order valence-corrected chi connectivity index (χ3v) is 10.3. The molecule has 1 aromatic rings. The van der Waals surface area contributed by atoms with E-state index in [4.69, 9.17) is 14.2 Å². The van der Waals surface area contributed by atoms with Crippen LogP contribution in [0.5, 0.6) is 11.5 Å². The number of amides is 1. The maximum atomic E-state index is 14.5. The van der Waals surface area contributed by atoms with Gasteiger partial charge in [-0.2, -0.15) is 5.26 Å². The van der Waals surface area contributed by atoms with Gasteiger partial charge in [-0.15, -0.1) is 0 Å². The first kappa shape index (κ1) is 30.0. The van der Waals surface area contributed by atoms with Gasteiger partial charge in [0.1, 0.15) is 11.5 Å². The molecule has 232 valence electrons. The van der Waals surface area contributed by atoms with E-state index in [1.54, 1.807) is 12.0 Å². The van der Waals surface area contributed by atoms with Crippen LogP contribution < -0.4 is 20.1 Å². The summed E-state index contributed by atoms with van der Waals surface area (Å²) in [6.07, 6.45) is 5.86. The highest BCUT2D eigenvalue weighted by Gasteiger charge is 2.57. The highest BCUT2D eigenvalue weighted by atomic mass is 16.5. The summed E-state index contributed by atoms with van der Waals surface area (Å²) in [6, 6.07) is 7.67. The molecule has 1 spiro atoms. The number of ketones is 1. The topological polar surface area (TPSA) is 119 Å². The van der Waals surface area contributed by atoms with E-state index in [1.807, 2.05) is 18.2 Å². The summed E-state index contributed by atoms with van der Waals surface area (Å²) in [5, 5.41) is 16.8. The fourth-order valence-electron chi connectivity index (χ4n) is 7.90. The van der Waals surface area contributed by atoms with Gasteiger partial charge in [-0.1, -0.05) is 12.6 Å². The number of ether oxygens (including phenoxy) is 3. The number of nitriles is 1. The summed E-state index contributed by atoms with van der Waals surface area (Å²) < 4.78 is 18.6. The number of nitrogens with zero attached hydrogens (tertiary/aromatic N) is 4. The lowest BCUT2D eigenvalue weighted by molar-refractivity contribution is -0.160. The summed E-state index contributed by atoms with van der Waals surface area (Å²) in [5.74, 6) is 1.41. The SMILES string of the molecule is C=CC(=O)N1CCN(C2NC(OCC3CCCN3C)NC3C(=O)[C@@]4(CCc5c(OC)cccc5O4)CCC32)CC1CC#N. The van der Waals surface area contributed by atoms with Gasteiger partial charge < -0.3 is 24.0 Å². The lowest BCUT2D eigenvalue weighted by Gasteiger charge is -2.54. The second kappa shape index (κ2) is 12.5. The van der Waals surface area contributed by atoms with Gasteiger partial charge in [0.15, 0.2) is 17.7 Å². The van der Waals surface area contributed by atoms with E-state index in [-0.39, 0.29) is 36.2 Å². The third-order valence-electron chi connectivity index (χ3n) is 10.3. The highest BCUT2D eigenvalue weighted by Crippen LogP contribution is 2.45. The van der Waals surface area contributed by atoms with Gasteiger partial charge in [0.05, 0.1) is 44.5 Å². The molecule has 6 unspecified atom stereocenters. The minimum Gasteiger partial charge on any atom is -0.496 e. The molecule has 0 aromatic heterocycles. The van der Waals surface area contributed by atoms with Crippen molar-refractivity contribution in [2.45, 2.75) is 81.2 Å². The Balaban J connectivity index is 1.25. The van der Waals surface area contributed by atoms with Crippen LogP contribution in [0.15, 0.2) is 30.9 Å². The maximum absolute atomic E-state index is 14.5. The van der Waals surface area contributed by atoms with Crippen LogP contribution in [0.2, 0.25) is 0 Å². The molecule has 6 rings (SSSR count). The molecule has 7 atom stereocenters. The van der Waals surface area contributed by atoms with Crippen LogP contribution in [0.25, 0.3) is 0 Å². The first-order chi connectivity index (χ1) is 20.9. The molecule has 2 N–H and O–H groups in total. The summed E-state index contributed by atoms with van der Waals surface area (Å²) in [4.78, 5) is 33.4. The quantitative estimate of drug-likeness (QED) is 0.452. The third kappa shape index (κ3) is 5.67. The van der Waals surface area contributed by atoms with Crippen molar-refractivity contribution >= 4 is 11.7 Å². The molecule has 43 heavy (non-hydrogen) atoms. The number of piperazine rings is 1. The molecule has 1 saturated carbocycles. The Morgan fingerprint density at radius 1 is 1.23 bits per heavy atom.